The van der Waals surface area contributed by atoms with Crippen LogP contribution < -0.4 is 4.72 Å². The molecule has 27 heavy (non-hydrogen) atoms. The number of sulfonamides is 1. The highest BCUT2D eigenvalue weighted by Crippen LogP contribution is 2.16. The van der Waals surface area contributed by atoms with Crippen molar-refractivity contribution in [3.63, 3.8) is 0 Å². The van der Waals surface area contributed by atoms with E-state index < -0.39 is 10.0 Å². The van der Waals surface area contributed by atoms with Crippen LogP contribution in [0, 0.1) is 13.8 Å². The molecule has 1 aliphatic heterocycles. The van der Waals surface area contributed by atoms with Crippen molar-refractivity contribution in [2.45, 2.75) is 18.7 Å². The number of rotatable bonds is 6. The number of nitrogens with zero attached hydrogens (tertiary/aromatic N) is 2. The maximum Gasteiger partial charge on any atom is 0.289 e. The van der Waals surface area contributed by atoms with Gasteiger partial charge in [0.15, 0.2) is 5.76 Å². The van der Waals surface area contributed by atoms with Gasteiger partial charge in [0.25, 0.3) is 5.91 Å². The smallest absolute Gasteiger partial charge is 0.289 e. The van der Waals surface area contributed by atoms with E-state index in [4.69, 9.17) is 4.42 Å². The van der Waals surface area contributed by atoms with Crippen LogP contribution in [0.5, 0.6) is 0 Å². The third-order valence-corrected chi connectivity index (χ3v) is 6.35. The Hall–Kier alpha value is -2.16. The summed E-state index contributed by atoms with van der Waals surface area (Å²) >= 11 is 0. The monoisotopic (exact) mass is 391 g/mol. The van der Waals surface area contributed by atoms with Crippen molar-refractivity contribution in [2.75, 3.05) is 39.3 Å². The van der Waals surface area contributed by atoms with Crippen LogP contribution in [0.25, 0.3) is 0 Å². The molecule has 8 heteroatoms. The molecule has 1 aromatic heterocycles. The number of benzene rings is 1. The molecule has 1 saturated heterocycles. The molecule has 1 fully saturated rings. The van der Waals surface area contributed by atoms with Crippen LogP contribution >= 0.6 is 0 Å². The Morgan fingerprint density at radius 2 is 1.89 bits per heavy atom. The second-order valence-corrected chi connectivity index (χ2v) is 8.51. The fourth-order valence-electron chi connectivity index (χ4n) is 3.14. The van der Waals surface area contributed by atoms with Gasteiger partial charge in [0.05, 0.1) is 11.2 Å². The molecule has 0 unspecified atom stereocenters. The summed E-state index contributed by atoms with van der Waals surface area (Å²) in [7, 11) is -3.52. The lowest BCUT2D eigenvalue weighted by Gasteiger charge is -2.34. The van der Waals surface area contributed by atoms with Crippen LogP contribution in [0.4, 0.5) is 0 Å². The minimum atomic E-state index is -3.52. The van der Waals surface area contributed by atoms with Gasteiger partial charge in [-0.15, -0.1) is 0 Å². The standard InChI is InChI=1S/C19H25N3O4S/c1-15-5-6-16(2)18(14-15)27(24,25)20-7-8-21-9-11-22(12-10-21)19(23)17-4-3-13-26-17/h3-6,13-14,20H,7-12H2,1-2H3. The van der Waals surface area contributed by atoms with Crippen molar-refractivity contribution in [1.29, 1.82) is 0 Å². The first-order chi connectivity index (χ1) is 12.9. The summed E-state index contributed by atoms with van der Waals surface area (Å²) in [6.07, 6.45) is 1.49. The average Bonchev–Trinajstić information content (AvgIpc) is 3.18. The lowest BCUT2D eigenvalue weighted by Crippen LogP contribution is -2.50. The highest BCUT2D eigenvalue weighted by atomic mass is 32.2. The van der Waals surface area contributed by atoms with Gasteiger partial charge in [0.1, 0.15) is 0 Å². The van der Waals surface area contributed by atoms with E-state index in [1.54, 1.807) is 30.0 Å². The van der Waals surface area contributed by atoms with Crippen LogP contribution in [-0.4, -0.2) is 63.4 Å². The Balaban J connectivity index is 1.48. The fraction of sp³-hybridized carbons (Fsp3) is 0.421. The highest BCUT2D eigenvalue weighted by Gasteiger charge is 2.24. The highest BCUT2D eigenvalue weighted by molar-refractivity contribution is 7.89. The summed E-state index contributed by atoms with van der Waals surface area (Å²) in [5.74, 6) is 0.250. The third kappa shape index (κ3) is 4.77. The van der Waals surface area contributed by atoms with Crippen LogP contribution in [-0.2, 0) is 10.0 Å². The molecule has 1 aliphatic rings. The van der Waals surface area contributed by atoms with Gasteiger partial charge < -0.3 is 9.32 Å². The number of amides is 1. The SMILES string of the molecule is Cc1ccc(C)c(S(=O)(=O)NCCN2CCN(C(=O)c3ccco3)CC2)c1. The van der Waals surface area contributed by atoms with Crippen LogP contribution in [0.1, 0.15) is 21.7 Å². The van der Waals surface area contributed by atoms with E-state index in [9.17, 15) is 13.2 Å². The van der Waals surface area contributed by atoms with Crippen molar-refractivity contribution >= 4 is 15.9 Å². The zero-order valence-electron chi connectivity index (χ0n) is 15.6. The normalized spacial score (nSPS) is 15.9. The molecule has 2 heterocycles. The molecule has 1 N–H and O–H groups in total. The summed E-state index contributed by atoms with van der Waals surface area (Å²) in [6, 6.07) is 8.77. The van der Waals surface area contributed by atoms with E-state index in [1.807, 2.05) is 19.1 Å². The van der Waals surface area contributed by atoms with Crippen LogP contribution in [0.2, 0.25) is 0 Å². The number of piperazine rings is 1. The molecule has 0 bridgehead atoms. The lowest BCUT2D eigenvalue weighted by atomic mass is 10.2. The molecular weight excluding hydrogens is 366 g/mol. The summed E-state index contributed by atoms with van der Waals surface area (Å²) < 4.78 is 32.9. The zero-order valence-corrected chi connectivity index (χ0v) is 16.5. The lowest BCUT2D eigenvalue weighted by molar-refractivity contribution is 0.0609. The topological polar surface area (TPSA) is 82.9 Å². The summed E-state index contributed by atoms with van der Waals surface area (Å²) in [5, 5.41) is 0. The average molecular weight is 391 g/mol. The number of nitrogens with one attached hydrogen (secondary N) is 1. The molecule has 0 radical (unpaired) electrons. The first kappa shape index (κ1) is 19.6. The second-order valence-electron chi connectivity index (χ2n) is 6.78. The Labute approximate surface area is 160 Å². The number of hydrogen-bond acceptors (Lipinski definition) is 5. The van der Waals surface area contributed by atoms with E-state index in [0.29, 0.717) is 49.9 Å². The van der Waals surface area contributed by atoms with Gasteiger partial charge in [-0.25, -0.2) is 13.1 Å². The Kier molecular flexibility index (Phi) is 5.98. The van der Waals surface area contributed by atoms with Crippen molar-refractivity contribution in [2.24, 2.45) is 0 Å². The quantitative estimate of drug-likeness (QED) is 0.809. The van der Waals surface area contributed by atoms with E-state index in [2.05, 4.69) is 9.62 Å². The van der Waals surface area contributed by atoms with Crippen molar-refractivity contribution in [1.82, 2.24) is 14.5 Å². The molecule has 0 aliphatic carbocycles. The van der Waals surface area contributed by atoms with Gasteiger partial charge in [-0.2, -0.15) is 0 Å². The van der Waals surface area contributed by atoms with E-state index >= 15 is 0 Å². The predicted octanol–water partition coefficient (Wildman–Crippen LogP) is 1.63. The second kappa shape index (κ2) is 8.24. The summed E-state index contributed by atoms with van der Waals surface area (Å²) in [5.41, 5.74) is 1.65. The Morgan fingerprint density at radius 3 is 2.56 bits per heavy atom. The molecule has 0 saturated carbocycles. The maximum atomic E-state index is 12.5. The number of furan rings is 1. The van der Waals surface area contributed by atoms with E-state index in [-0.39, 0.29) is 5.91 Å². The van der Waals surface area contributed by atoms with Crippen molar-refractivity contribution in [3.8, 4) is 0 Å². The van der Waals surface area contributed by atoms with Gasteiger partial charge in [-0.05, 0) is 43.2 Å². The minimum absolute atomic E-state index is 0.102. The zero-order chi connectivity index (χ0) is 19.4. The molecule has 1 amide bonds. The van der Waals surface area contributed by atoms with E-state index in [0.717, 1.165) is 11.1 Å². The first-order valence-electron chi connectivity index (χ1n) is 8.99. The van der Waals surface area contributed by atoms with Gasteiger partial charge in [-0.1, -0.05) is 12.1 Å². The molecule has 1 aromatic carbocycles. The number of carbonyl (C=O) groups is 1. The minimum Gasteiger partial charge on any atom is -0.459 e. The van der Waals surface area contributed by atoms with Crippen LogP contribution in [0.3, 0.4) is 0 Å². The number of hydrogen-bond donors (Lipinski definition) is 1. The Morgan fingerprint density at radius 1 is 1.15 bits per heavy atom. The molecule has 0 atom stereocenters. The van der Waals surface area contributed by atoms with Crippen molar-refractivity contribution in [3.05, 3.63) is 53.5 Å². The molecule has 0 spiro atoms. The van der Waals surface area contributed by atoms with Crippen molar-refractivity contribution < 1.29 is 17.6 Å². The first-order valence-corrected chi connectivity index (χ1v) is 10.5. The molecule has 2 aromatic rings. The number of carbonyl (C=O) groups excluding carboxylic acids is 1. The largest absolute Gasteiger partial charge is 0.459 e. The summed E-state index contributed by atoms with van der Waals surface area (Å²) in [4.78, 5) is 16.5. The third-order valence-electron chi connectivity index (χ3n) is 4.74. The van der Waals surface area contributed by atoms with Gasteiger partial charge in [0.2, 0.25) is 10.0 Å². The maximum absolute atomic E-state index is 12.5. The molecule has 3 rings (SSSR count). The molecule has 146 valence electrons. The molecular formula is C19H25N3O4S. The number of aryl methyl sites for hydroxylation is 2. The predicted molar refractivity (Wildman–Crippen MR) is 102 cm³/mol. The Bertz CT molecular complexity index is 886. The summed E-state index contributed by atoms with van der Waals surface area (Å²) in [6.45, 7) is 7.22. The fourth-order valence-corrected chi connectivity index (χ4v) is 4.49. The van der Waals surface area contributed by atoms with E-state index in [1.165, 1.54) is 6.26 Å². The van der Waals surface area contributed by atoms with Gasteiger partial charge in [0, 0.05) is 39.3 Å². The van der Waals surface area contributed by atoms with Gasteiger partial charge in [-0.3, -0.25) is 9.69 Å². The van der Waals surface area contributed by atoms with Gasteiger partial charge >= 0.3 is 0 Å². The molecule has 7 nitrogen and oxygen atoms in total. The van der Waals surface area contributed by atoms with Crippen LogP contribution in [0.15, 0.2) is 45.9 Å².